The molecule has 2 N–H and O–H groups in total. The first-order valence-corrected chi connectivity index (χ1v) is 8.89. The molecule has 0 saturated carbocycles. The highest BCUT2D eigenvalue weighted by molar-refractivity contribution is 5.75. The van der Waals surface area contributed by atoms with Crippen LogP contribution in [0, 0.1) is 12.8 Å². The lowest BCUT2D eigenvalue weighted by atomic mass is 10.0. The summed E-state index contributed by atoms with van der Waals surface area (Å²) in [7, 11) is 0. The molecule has 1 aromatic carbocycles. The summed E-state index contributed by atoms with van der Waals surface area (Å²) in [6, 6.07) is 12.2. The fourth-order valence-electron chi connectivity index (χ4n) is 3.04. The first kappa shape index (κ1) is 18.1. The summed E-state index contributed by atoms with van der Waals surface area (Å²) in [5.41, 5.74) is 9.94. The Bertz CT molecular complexity index is 844. The SMILES string of the molecule is Cc1cc(-c2ccc(OCC(C)CC(C)N)c(-c3ccno3)c2)ccn1. The molecule has 136 valence electrons. The van der Waals surface area contributed by atoms with E-state index in [-0.39, 0.29) is 6.04 Å². The highest BCUT2D eigenvalue weighted by atomic mass is 16.5. The first-order valence-electron chi connectivity index (χ1n) is 8.89. The fraction of sp³-hybridized carbons (Fsp3) is 0.333. The Balaban J connectivity index is 1.90. The summed E-state index contributed by atoms with van der Waals surface area (Å²) in [6.07, 6.45) is 4.38. The number of ether oxygens (including phenoxy) is 1. The van der Waals surface area contributed by atoms with Crippen LogP contribution in [-0.4, -0.2) is 22.8 Å². The zero-order valence-corrected chi connectivity index (χ0v) is 15.5. The van der Waals surface area contributed by atoms with Crippen molar-refractivity contribution in [3.63, 3.8) is 0 Å². The molecule has 5 nitrogen and oxygen atoms in total. The van der Waals surface area contributed by atoms with Crippen molar-refractivity contribution in [2.75, 3.05) is 6.61 Å². The van der Waals surface area contributed by atoms with Gasteiger partial charge in [-0.25, -0.2) is 0 Å². The molecule has 0 aliphatic rings. The van der Waals surface area contributed by atoms with Gasteiger partial charge in [-0.15, -0.1) is 0 Å². The number of benzene rings is 1. The molecule has 3 aromatic rings. The van der Waals surface area contributed by atoms with Crippen molar-refractivity contribution in [3.05, 3.63) is 54.5 Å². The second-order valence-electron chi connectivity index (χ2n) is 6.90. The number of hydrogen-bond acceptors (Lipinski definition) is 5. The maximum Gasteiger partial charge on any atom is 0.170 e. The highest BCUT2D eigenvalue weighted by Gasteiger charge is 2.14. The van der Waals surface area contributed by atoms with Crippen LogP contribution in [0.3, 0.4) is 0 Å². The van der Waals surface area contributed by atoms with Crippen LogP contribution in [0.4, 0.5) is 0 Å². The van der Waals surface area contributed by atoms with E-state index in [9.17, 15) is 0 Å². The van der Waals surface area contributed by atoms with Crippen LogP contribution in [0.5, 0.6) is 5.75 Å². The first-order chi connectivity index (χ1) is 12.5. The largest absolute Gasteiger partial charge is 0.493 e. The minimum absolute atomic E-state index is 0.166. The molecule has 26 heavy (non-hydrogen) atoms. The molecule has 2 unspecified atom stereocenters. The Labute approximate surface area is 154 Å². The summed E-state index contributed by atoms with van der Waals surface area (Å²) in [5.74, 6) is 1.85. The lowest BCUT2D eigenvalue weighted by molar-refractivity contribution is 0.246. The predicted octanol–water partition coefficient (Wildman–Crippen LogP) is 4.46. The van der Waals surface area contributed by atoms with Crippen molar-refractivity contribution in [1.29, 1.82) is 0 Å². The van der Waals surface area contributed by atoms with Crippen LogP contribution < -0.4 is 10.5 Å². The van der Waals surface area contributed by atoms with E-state index in [1.54, 1.807) is 6.20 Å². The molecule has 0 fully saturated rings. The number of hydrogen-bond donors (Lipinski definition) is 1. The van der Waals surface area contributed by atoms with E-state index in [0.717, 1.165) is 34.6 Å². The van der Waals surface area contributed by atoms with Crippen molar-refractivity contribution < 1.29 is 9.26 Å². The van der Waals surface area contributed by atoms with Crippen LogP contribution in [0.1, 0.15) is 26.0 Å². The lowest BCUT2D eigenvalue weighted by Gasteiger charge is -2.17. The van der Waals surface area contributed by atoms with Crippen LogP contribution in [-0.2, 0) is 0 Å². The number of nitrogens with zero attached hydrogens (tertiary/aromatic N) is 2. The number of aryl methyl sites for hydroxylation is 1. The van der Waals surface area contributed by atoms with Gasteiger partial charge >= 0.3 is 0 Å². The fourth-order valence-corrected chi connectivity index (χ4v) is 3.04. The van der Waals surface area contributed by atoms with E-state index in [4.69, 9.17) is 15.0 Å². The molecule has 3 rings (SSSR count). The number of nitrogens with two attached hydrogens (primary N) is 1. The molecule has 5 heteroatoms. The Morgan fingerprint density at radius 3 is 2.58 bits per heavy atom. The van der Waals surface area contributed by atoms with Crippen LogP contribution in [0.25, 0.3) is 22.5 Å². The summed E-state index contributed by atoms with van der Waals surface area (Å²) in [6.45, 7) is 6.75. The Hall–Kier alpha value is -2.66. The van der Waals surface area contributed by atoms with Gasteiger partial charge in [0.15, 0.2) is 5.76 Å². The third kappa shape index (κ3) is 4.49. The third-order valence-electron chi connectivity index (χ3n) is 4.21. The van der Waals surface area contributed by atoms with Crippen LogP contribution in [0.2, 0.25) is 0 Å². The zero-order valence-electron chi connectivity index (χ0n) is 15.5. The molecule has 2 heterocycles. The Kier molecular flexibility index (Phi) is 5.68. The number of rotatable bonds is 7. The molecule has 0 spiro atoms. The Morgan fingerprint density at radius 2 is 1.88 bits per heavy atom. The topological polar surface area (TPSA) is 74.2 Å². The van der Waals surface area contributed by atoms with Gasteiger partial charge in [-0.3, -0.25) is 4.98 Å². The molecule has 0 saturated heterocycles. The zero-order chi connectivity index (χ0) is 18.5. The summed E-state index contributed by atoms with van der Waals surface area (Å²) in [5, 5.41) is 3.83. The minimum Gasteiger partial charge on any atom is -0.493 e. The van der Waals surface area contributed by atoms with Gasteiger partial charge in [0.2, 0.25) is 0 Å². The van der Waals surface area contributed by atoms with Crippen molar-refractivity contribution in [2.24, 2.45) is 11.7 Å². The maximum atomic E-state index is 6.08. The summed E-state index contributed by atoms with van der Waals surface area (Å²) < 4.78 is 11.5. The molecule has 0 radical (unpaired) electrons. The third-order valence-corrected chi connectivity index (χ3v) is 4.21. The summed E-state index contributed by atoms with van der Waals surface area (Å²) >= 11 is 0. The molecule has 0 aliphatic carbocycles. The van der Waals surface area contributed by atoms with Crippen molar-refractivity contribution >= 4 is 0 Å². The van der Waals surface area contributed by atoms with Gasteiger partial charge in [0.1, 0.15) is 5.75 Å². The number of aromatic nitrogens is 2. The average Bonchev–Trinajstić information content (AvgIpc) is 3.14. The molecule has 2 atom stereocenters. The second kappa shape index (κ2) is 8.15. The van der Waals surface area contributed by atoms with E-state index < -0.39 is 0 Å². The van der Waals surface area contributed by atoms with Crippen LogP contribution >= 0.6 is 0 Å². The van der Waals surface area contributed by atoms with Gasteiger partial charge < -0.3 is 15.0 Å². The molecule has 0 aliphatic heterocycles. The average molecular weight is 351 g/mol. The van der Waals surface area contributed by atoms with Crippen molar-refractivity contribution in [2.45, 2.75) is 33.2 Å². The molecular weight excluding hydrogens is 326 g/mol. The standard InChI is InChI=1S/C21H25N3O2/c1-14(10-15(2)22)13-25-20-5-4-17(18-6-8-23-16(3)11-18)12-19(20)21-7-9-24-26-21/h4-9,11-12,14-15H,10,13,22H2,1-3H3. The van der Waals surface area contributed by atoms with Gasteiger partial charge in [-0.1, -0.05) is 18.1 Å². The molecule has 2 aromatic heterocycles. The van der Waals surface area contributed by atoms with Gasteiger partial charge in [0.25, 0.3) is 0 Å². The van der Waals surface area contributed by atoms with Crippen molar-refractivity contribution in [3.8, 4) is 28.2 Å². The van der Waals surface area contributed by atoms with Crippen molar-refractivity contribution in [1.82, 2.24) is 10.1 Å². The number of pyridine rings is 1. The minimum atomic E-state index is 0.166. The normalized spacial score (nSPS) is 13.4. The van der Waals surface area contributed by atoms with E-state index >= 15 is 0 Å². The van der Waals surface area contributed by atoms with Gasteiger partial charge in [-0.2, -0.15) is 0 Å². The maximum absolute atomic E-state index is 6.08. The second-order valence-corrected chi connectivity index (χ2v) is 6.90. The molecule has 0 amide bonds. The predicted molar refractivity (Wildman–Crippen MR) is 103 cm³/mol. The van der Waals surface area contributed by atoms with Gasteiger partial charge in [-0.05, 0) is 61.6 Å². The smallest absolute Gasteiger partial charge is 0.170 e. The van der Waals surface area contributed by atoms with Gasteiger partial charge in [0, 0.05) is 24.0 Å². The van der Waals surface area contributed by atoms with E-state index in [2.05, 4.69) is 35.3 Å². The molecule has 0 bridgehead atoms. The van der Waals surface area contributed by atoms with Crippen LogP contribution in [0.15, 0.2) is 53.3 Å². The van der Waals surface area contributed by atoms with E-state index in [1.807, 2.05) is 38.2 Å². The van der Waals surface area contributed by atoms with E-state index in [0.29, 0.717) is 18.3 Å². The van der Waals surface area contributed by atoms with Gasteiger partial charge in [0.05, 0.1) is 18.4 Å². The van der Waals surface area contributed by atoms with E-state index in [1.165, 1.54) is 0 Å². The lowest BCUT2D eigenvalue weighted by Crippen LogP contribution is -2.21. The Morgan fingerprint density at radius 1 is 1.08 bits per heavy atom. The summed E-state index contributed by atoms with van der Waals surface area (Å²) in [4.78, 5) is 4.26. The quantitative estimate of drug-likeness (QED) is 0.680. The highest BCUT2D eigenvalue weighted by Crippen LogP contribution is 2.34. The molecular formula is C21H25N3O2. The monoisotopic (exact) mass is 351 g/mol.